The second-order valence-corrected chi connectivity index (χ2v) is 23.0. The Balaban J connectivity index is 4.11. The van der Waals surface area contributed by atoms with E-state index in [1.54, 1.807) is 0 Å². The van der Waals surface area contributed by atoms with Crippen LogP contribution >= 0.6 is 0 Å². The molecule has 0 bridgehead atoms. The Hall–Kier alpha value is -3.67. The summed E-state index contributed by atoms with van der Waals surface area (Å²) in [6.07, 6.45) is 93.4. The van der Waals surface area contributed by atoms with Crippen molar-refractivity contribution in [2.75, 3.05) is 13.2 Å². The zero-order valence-electron chi connectivity index (χ0n) is 53.5. The number of ether oxygens (including phenoxy) is 3. The smallest absolute Gasteiger partial charge is 0.306 e. The molecule has 0 rings (SSSR count). The largest absolute Gasteiger partial charge is 0.462 e. The minimum atomic E-state index is -0.816. The maximum absolute atomic E-state index is 12.9. The Morgan fingerprint density at radius 1 is 0.259 bits per heavy atom. The highest BCUT2D eigenvalue weighted by atomic mass is 16.6. The van der Waals surface area contributed by atoms with Crippen LogP contribution in [0.3, 0.4) is 0 Å². The van der Waals surface area contributed by atoms with E-state index in [1.807, 2.05) is 6.08 Å². The van der Waals surface area contributed by atoms with Crippen molar-refractivity contribution < 1.29 is 28.6 Å². The van der Waals surface area contributed by atoms with Crippen LogP contribution in [0.4, 0.5) is 0 Å². The molecular formula is C75H130O6. The number of allylic oxidation sites excluding steroid dienone is 16. The van der Waals surface area contributed by atoms with Gasteiger partial charge < -0.3 is 14.2 Å². The molecule has 0 aliphatic heterocycles. The van der Waals surface area contributed by atoms with Crippen LogP contribution in [-0.4, -0.2) is 37.2 Å². The zero-order chi connectivity index (χ0) is 58.5. The van der Waals surface area contributed by atoms with Crippen LogP contribution < -0.4 is 0 Å². The molecule has 0 fully saturated rings. The van der Waals surface area contributed by atoms with Gasteiger partial charge in [-0.25, -0.2) is 0 Å². The van der Waals surface area contributed by atoms with Gasteiger partial charge in [0.15, 0.2) is 6.10 Å². The molecule has 1 atom stereocenters. The lowest BCUT2D eigenvalue weighted by molar-refractivity contribution is -0.166. The van der Waals surface area contributed by atoms with E-state index in [9.17, 15) is 14.4 Å². The van der Waals surface area contributed by atoms with E-state index < -0.39 is 6.10 Å². The minimum absolute atomic E-state index is 0.105. The summed E-state index contributed by atoms with van der Waals surface area (Å²) in [5.74, 6) is -0.997. The first-order valence-corrected chi connectivity index (χ1v) is 34.7. The van der Waals surface area contributed by atoms with Crippen molar-refractivity contribution in [3.8, 4) is 0 Å². The minimum Gasteiger partial charge on any atom is -0.462 e. The third kappa shape index (κ3) is 67.0. The fourth-order valence-electron chi connectivity index (χ4n) is 9.94. The van der Waals surface area contributed by atoms with Crippen LogP contribution in [0.15, 0.2) is 97.2 Å². The van der Waals surface area contributed by atoms with E-state index in [1.165, 1.54) is 193 Å². The monoisotopic (exact) mass is 1130 g/mol. The number of unbranched alkanes of at least 4 members (excludes halogenated alkanes) is 36. The fourth-order valence-corrected chi connectivity index (χ4v) is 9.94. The van der Waals surface area contributed by atoms with Gasteiger partial charge in [-0.3, -0.25) is 14.4 Å². The van der Waals surface area contributed by atoms with Crippen LogP contribution in [0.2, 0.25) is 0 Å². The molecular weight excluding hydrogens is 997 g/mol. The summed E-state index contributed by atoms with van der Waals surface area (Å²) in [5.41, 5.74) is 0. The molecule has 0 N–H and O–H groups in total. The van der Waals surface area contributed by atoms with E-state index in [-0.39, 0.29) is 37.5 Å². The second-order valence-electron chi connectivity index (χ2n) is 23.0. The lowest BCUT2D eigenvalue weighted by Crippen LogP contribution is -2.30. The van der Waals surface area contributed by atoms with Gasteiger partial charge in [0.2, 0.25) is 0 Å². The second kappa shape index (κ2) is 68.8. The lowest BCUT2D eigenvalue weighted by atomic mass is 10.0. The Morgan fingerprint density at radius 3 is 0.840 bits per heavy atom. The van der Waals surface area contributed by atoms with Crippen LogP contribution in [0, 0.1) is 0 Å². The quantitative estimate of drug-likeness (QED) is 0.0261. The van der Waals surface area contributed by atoms with Gasteiger partial charge in [-0.1, -0.05) is 317 Å². The molecule has 0 spiro atoms. The highest BCUT2D eigenvalue weighted by Crippen LogP contribution is 2.18. The highest BCUT2D eigenvalue weighted by molar-refractivity contribution is 5.71. The highest BCUT2D eigenvalue weighted by Gasteiger charge is 2.19. The van der Waals surface area contributed by atoms with Crippen LogP contribution in [-0.2, 0) is 28.6 Å². The van der Waals surface area contributed by atoms with Crippen molar-refractivity contribution in [2.45, 2.75) is 348 Å². The van der Waals surface area contributed by atoms with Gasteiger partial charge in [-0.2, -0.15) is 0 Å². The number of rotatable bonds is 63. The maximum atomic E-state index is 12.9. The molecule has 0 radical (unpaired) electrons. The Bertz CT molecular complexity index is 1580. The molecule has 0 aromatic heterocycles. The van der Waals surface area contributed by atoms with Crippen molar-refractivity contribution >= 4 is 17.9 Å². The Labute approximate surface area is 502 Å². The molecule has 0 saturated carbocycles. The molecule has 1 unspecified atom stereocenters. The summed E-state index contributed by atoms with van der Waals surface area (Å²) < 4.78 is 16.8. The molecule has 6 nitrogen and oxygen atoms in total. The normalized spacial score (nSPS) is 12.7. The summed E-state index contributed by atoms with van der Waals surface area (Å²) in [4.78, 5) is 38.2. The average molecular weight is 1130 g/mol. The molecule has 0 aromatic rings. The van der Waals surface area contributed by atoms with Gasteiger partial charge in [0, 0.05) is 19.3 Å². The summed E-state index contributed by atoms with van der Waals surface area (Å²) in [6.45, 7) is 6.36. The van der Waals surface area contributed by atoms with Crippen molar-refractivity contribution in [2.24, 2.45) is 0 Å². The molecule has 0 aromatic carbocycles. The summed E-state index contributed by atoms with van der Waals surface area (Å²) in [5, 5.41) is 0. The van der Waals surface area contributed by atoms with Gasteiger partial charge >= 0.3 is 17.9 Å². The van der Waals surface area contributed by atoms with E-state index in [4.69, 9.17) is 14.2 Å². The molecule has 466 valence electrons. The molecule has 0 saturated heterocycles. The van der Waals surface area contributed by atoms with Crippen LogP contribution in [0.5, 0.6) is 0 Å². The number of hydrogen-bond acceptors (Lipinski definition) is 6. The Kier molecular flexibility index (Phi) is 65.7. The maximum Gasteiger partial charge on any atom is 0.306 e. The lowest BCUT2D eigenvalue weighted by Gasteiger charge is -2.18. The SMILES string of the molecule is CC/C=C\C/C=C\C/C=C\C/C=C\CCC(=O)OCC(COC(=O)CCCCCCCCCCCCCCCCCCCCCCCCC/C=C\CCCCCCCCCC)OC(=O)CCCCCCC/C=C\C/C=C\C/C=C\CC. The number of carbonyl (C=O) groups is 3. The van der Waals surface area contributed by atoms with Crippen LogP contribution in [0.25, 0.3) is 0 Å². The average Bonchev–Trinajstić information content (AvgIpc) is 3.46. The van der Waals surface area contributed by atoms with Crippen molar-refractivity contribution in [1.82, 2.24) is 0 Å². The first-order chi connectivity index (χ1) is 40.0. The summed E-state index contributed by atoms with van der Waals surface area (Å²) in [7, 11) is 0. The summed E-state index contributed by atoms with van der Waals surface area (Å²) >= 11 is 0. The topological polar surface area (TPSA) is 78.9 Å². The molecule has 0 aliphatic carbocycles. The van der Waals surface area contributed by atoms with Crippen LogP contribution in [0.1, 0.15) is 342 Å². The van der Waals surface area contributed by atoms with Gasteiger partial charge in [-0.15, -0.1) is 0 Å². The molecule has 6 heteroatoms. The van der Waals surface area contributed by atoms with E-state index in [0.717, 1.165) is 103 Å². The molecule has 0 heterocycles. The standard InChI is InChI=1S/C75H130O6/c1-4-7-10-13-16-19-22-25-27-28-29-30-31-32-33-34-35-36-37-38-39-40-41-42-43-44-45-46-48-50-53-56-59-62-65-68-74(77)80-71-72(70-79-73(76)67-64-61-58-55-52-49-24-21-18-15-12-9-6-3)81-75(78)69-66-63-60-57-54-51-47-26-23-20-17-14-11-8-5-2/h8-9,11-12,17-18,20-21,26,28-29,47,49,52,58,61,72H,4-7,10,13-16,19,22-25,27,30-46,48,50-51,53-57,59-60,62-71H2,1-3H3/b11-8-,12-9-,20-17-,21-18-,29-28-,47-26-,52-49-,61-58-. The number of carbonyl (C=O) groups excluding carboxylic acids is 3. The predicted molar refractivity (Wildman–Crippen MR) is 353 cm³/mol. The number of esters is 3. The third-order valence-electron chi connectivity index (χ3n) is 15.1. The number of hydrogen-bond donors (Lipinski definition) is 0. The van der Waals surface area contributed by atoms with Crippen molar-refractivity contribution in [3.05, 3.63) is 97.2 Å². The first kappa shape index (κ1) is 77.3. The third-order valence-corrected chi connectivity index (χ3v) is 15.1. The summed E-state index contributed by atoms with van der Waals surface area (Å²) in [6, 6.07) is 0. The van der Waals surface area contributed by atoms with Crippen molar-refractivity contribution in [1.29, 1.82) is 0 Å². The van der Waals surface area contributed by atoms with Gasteiger partial charge in [0.05, 0.1) is 0 Å². The van der Waals surface area contributed by atoms with E-state index in [2.05, 4.69) is 112 Å². The van der Waals surface area contributed by atoms with Gasteiger partial charge in [0.1, 0.15) is 13.2 Å². The van der Waals surface area contributed by atoms with Gasteiger partial charge in [0.25, 0.3) is 0 Å². The zero-order valence-corrected chi connectivity index (χ0v) is 53.5. The molecule has 0 aliphatic rings. The first-order valence-electron chi connectivity index (χ1n) is 34.7. The van der Waals surface area contributed by atoms with Gasteiger partial charge in [-0.05, 0) is 103 Å². The molecule has 81 heavy (non-hydrogen) atoms. The van der Waals surface area contributed by atoms with E-state index in [0.29, 0.717) is 19.3 Å². The Morgan fingerprint density at radius 2 is 0.506 bits per heavy atom. The van der Waals surface area contributed by atoms with Crippen molar-refractivity contribution in [3.63, 3.8) is 0 Å². The fraction of sp³-hybridized carbons (Fsp3) is 0.747. The molecule has 0 amide bonds. The predicted octanol–water partition coefficient (Wildman–Crippen LogP) is 24.0. The van der Waals surface area contributed by atoms with E-state index >= 15 is 0 Å².